The zero-order chi connectivity index (χ0) is 10.7. The summed E-state index contributed by atoms with van der Waals surface area (Å²) in [6.07, 6.45) is 2.69. The summed E-state index contributed by atoms with van der Waals surface area (Å²) < 4.78 is 0. The van der Waals surface area contributed by atoms with Gasteiger partial charge in [-0.2, -0.15) is 0 Å². The van der Waals surface area contributed by atoms with Gasteiger partial charge in [0, 0.05) is 19.0 Å². The Morgan fingerprint density at radius 3 is 3.00 bits per heavy atom. The number of hydrogen-bond acceptors (Lipinski definition) is 3. The van der Waals surface area contributed by atoms with Crippen LogP contribution in [0, 0.1) is 0 Å². The number of aromatic nitrogens is 1. The number of pyridine rings is 1. The Bertz CT molecular complexity index is 365. The van der Waals surface area contributed by atoms with Gasteiger partial charge in [-0.25, -0.2) is 4.98 Å². The number of rotatable bonds is 2. The van der Waals surface area contributed by atoms with E-state index in [1.807, 2.05) is 6.07 Å². The van der Waals surface area contributed by atoms with Gasteiger partial charge < -0.3 is 10.0 Å². The molecule has 15 heavy (non-hydrogen) atoms. The van der Waals surface area contributed by atoms with E-state index in [9.17, 15) is 9.90 Å². The predicted octanol–water partition coefficient (Wildman–Crippen LogP) is 1.30. The molecule has 0 radical (unpaired) electrons. The van der Waals surface area contributed by atoms with Crippen molar-refractivity contribution in [2.75, 3.05) is 6.54 Å². The van der Waals surface area contributed by atoms with Crippen LogP contribution in [0.25, 0.3) is 0 Å². The summed E-state index contributed by atoms with van der Waals surface area (Å²) in [6.45, 7) is 1.31. The first kappa shape index (κ1) is 9.96. The van der Waals surface area contributed by atoms with Crippen molar-refractivity contribution in [2.45, 2.75) is 25.8 Å². The normalized spacial score (nSPS) is 16.8. The van der Waals surface area contributed by atoms with Crippen LogP contribution in [0.2, 0.25) is 0 Å². The highest BCUT2D eigenvalue weighted by Crippen LogP contribution is 2.14. The largest absolute Gasteiger partial charge is 0.493 e. The third-order valence-electron chi connectivity index (χ3n) is 2.57. The first-order valence-corrected chi connectivity index (χ1v) is 5.18. The number of carbonyl (C=O) groups excluding carboxylic acids is 1. The molecule has 2 rings (SSSR count). The molecule has 4 nitrogen and oxygen atoms in total. The Morgan fingerprint density at radius 2 is 2.27 bits per heavy atom. The minimum Gasteiger partial charge on any atom is -0.493 e. The van der Waals surface area contributed by atoms with Crippen LogP contribution in [-0.4, -0.2) is 27.4 Å². The van der Waals surface area contributed by atoms with Crippen LogP contribution < -0.4 is 0 Å². The number of aromatic hydroxyl groups is 1. The smallest absolute Gasteiger partial charge is 0.222 e. The summed E-state index contributed by atoms with van der Waals surface area (Å²) in [5.74, 6) is 0.198. The molecule has 1 saturated heterocycles. The highest BCUT2D eigenvalue weighted by atomic mass is 16.3. The van der Waals surface area contributed by atoms with Gasteiger partial charge in [0.1, 0.15) is 0 Å². The van der Waals surface area contributed by atoms with Gasteiger partial charge in [0.05, 0.1) is 12.2 Å². The molecule has 0 spiro atoms. The third-order valence-corrected chi connectivity index (χ3v) is 2.57. The fourth-order valence-electron chi connectivity index (χ4n) is 1.78. The van der Waals surface area contributed by atoms with Crippen molar-refractivity contribution in [3.05, 3.63) is 23.9 Å². The number of carbonyl (C=O) groups is 1. The first-order valence-electron chi connectivity index (χ1n) is 5.18. The second kappa shape index (κ2) is 4.29. The molecular weight excluding hydrogens is 192 g/mol. The number of amides is 1. The van der Waals surface area contributed by atoms with E-state index in [2.05, 4.69) is 4.98 Å². The highest BCUT2D eigenvalue weighted by molar-refractivity contribution is 5.76. The van der Waals surface area contributed by atoms with E-state index in [-0.39, 0.29) is 11.8 Å². The van der Waals surface area contributed by atoms with Crippen LogP contribution in [0.4, 0.5) is 0 Å². The quantitative estimate of drug-likeness (QED) is 0.793. The molecule has 2 heterocycles. The Kier molecular flexibility index (Phi) is 2.85. The lowest BCUT2D eigenvalue weighted by Crippen LogP contribution is -2.34. The van der Waals surface area contributed by atoms with Gasteiger partial charge in [-0.1, -0.05) is 6.07 Å². The van der Waals surface area contributed by atoms with Gasteiger partial charge >= 0.3 is 0 Å². The van der Waals surface area contributed by atoms with E-state index < -0.39 is 0 Å². The minimum absolute atomic E-state index is 0.0111. The number of hydrogen-bond donors (Lipinski definition) is 1. The van der Waals surface area contributed by atoms with Crippen molar-refractivity contribution < 1.29 is 9.90 Å². The van der Waals surface area contributed by atoms with Crippen LogP contribution >= 0.6 is 0 Å². The van der Waals surface area contributed by atoms with E-state index in [0.29, 0.717) is 13.0 Å². The first-order chi connectivity index (χ1) is 7.25. The molecule has 0 saturated carbocycles. The fourth-order valence-corrected chi connectivity index (χ4v) is 1.78. The van der Waals surface area contributed by atoms with Crippen molar-refractivity contribution in [1.82, 2.24) is 9.88 Å². The van der Waals surface area contributed by atoms with Gasteiger partial charge in [0.2, 0.25) is 11.8 Å². The molecule has 0 bridgehead atoms. The maximum atomic E-state index is 11.5. The summed E-state index contributed by atoms with van der Waals surface area (Å²) in [7, 11) is 0. The molecule has 0 atom stereocenters. The van der Waals surface area contributed by atoms with Crippen LogP contribution in [0.15, 0.2) is 18.2 Å². The molecule has 1 aliphatic rings. The van der Waals surface area contributed by atoms with Crippen molar-refractivity contribution in [3.63, 3.8) is 0 Å². The van der Waals surface area contributed by atoms with Crippen LogP contribution in [0.5, 0.6) is 5.88 Å². The standard InChI is InChI=1S/C11H14N2O2/c14-10-5-3-4-9(12-10)8-13-7-2-1-6-11(13)15/h3-5H,1-2,6-8H2,(H,12,14). The molecule has 0 unspecified atom stereocenters. The fraction of sp³-hybridized carbons (Fsp3) is 0.455. The van der Waals surface area contributed by atoms with Gasteiger partial charge in [-0.15, -0.1) is 0 Å². The molecule has 0 aromatic carbocycles. The molecule has 1 aromatic heterocycles. The maximum absolute atomic E-state index is 11.5. The lowest BCUT2D eigenvalue weighted by atomic mass is 10.1. The van der Waals surface area contributed by atoms with E-state index in [4.69, 9.17) is 0 Å². The second-order valence-corrected chi connectivity index (χ2v) is 3.76. The topological polar surface area (TPSA) is 53.4 Å². The maximum Gasteiger partial charge on any atom is 0.222 e. The summed E-state index contributed by atoms with van der Waals surface area (Å²) in [5, 5.41) is 9.19. The van der Waals surface area contributed by atoms with Crippen LogP contribution in [0.3, 0.4) is 0 Å². The molecule has 1 aromatic rings. The van der Waals surface area contributed by atoms with E-state index in [1.165, 1.54) is 6.07 Å². The lowest BCUT2D eigenvalue weighted by molar-refractivity contribution is -0.133. The summed E-state index contributed by atoms with van der Waals surface area (Å²) in [5.41, 5.74) is 0.741. The summed E-state index contributed by atoms with van der Waals surface area (Å²) in [6, 6.07) is 5.09. The highest BCUT2D eigenvalue weighted by Gasteiger charge is 2.18. The van der Waals surface area contributed by atoms with Gasteiger partial charge in [-0.05, 0) is 18.9 Å². The number of piperidine rings is 1. The van der Waals surface area contributed by atoms with E-state index in [0.717, 1.165) is 25.1 Å². The molecule has 1 N–H and O–H groups in total. The SMILES string of the molecule is O=C1CCCCN1Cc1cccc(O)n1. The average molecular weight is 206 g/mol. The molecule has 1 aliphatic heterocycles. The van der Waals surface area contributed by atoms with Crippen molar-refractivity contribution in [3.8, 4) is 5.88 Å². The Hall–Kier alpha value is -1.58. The van der Waals surface area contributed by atoms with Gasteiger partial charge in [-0.3, -0.25) is 4.79 Å². The van der Waals surface area contributed by atoms with Crippen LogP contribution in [0.1, 0.15) is 25.0 Å². The summed E-state index contributed by atoms with van der Waals surface area (Å²) >= 11 is 0. The lowest BCUT2D eigenvalue weighted by Gasteiger charge is -2.26. The van der Waals surface area contributed by atoms with Crippen molar-refractivity contribution >= 4 is 5.91 Å². The van der Waals surface area contributed by atoms with E-state index >= 15 is 0 Å². The monoisotopic (exact) mass is 206 g/mol. The predicted molar refractivity (Wildman–Crippen MR) is 55.2 cm³/mol. The van der Waals surface area contributed by atoms with Gasteiger partial charge in [0.25, 0.3) is 0 Å². The zero-order valence-corrected chi connectivity index (χ0v) is 8.52. The van der Waals surface area contributed by atoms with Gasteiger partial charge in [0.15, 0.2) is 0 Å². The Morgan fingerprint density at radius 1 is 1.40 bits per heavy atom. The number of likely N-dealkylation sites (tertiary alicyclic amines) is 1. The molecule has 80 valence electrons. The van der Waals surface area contributed by atoms with Crippen molar-refractivity contribution in [2.24, 2.45) is 0 Å². The third kappa shape index (κ3) is 2.46. The zero-order valence-electron chi connectivity index (χ0n) is 8.52. The second-order valence-electron chi connectivity index (χ2n) is 3.76. The molecule has 1 fully saturated rings. The average Bonchev–Trinajstić information content (AvgIpc) is 2.22. The minimum atomic E-state index is 0.0111. The molecule has 4 heteroatoms. The van der Waals surface area contributed by atoms with Crippen LogP contribution in [-0.2, 0) is 11.3 Å². The molecular formula is C11H14N2O2. The Labute approximate surface area is 88.6 Å². The summed E-state index contributed by atoms with van der Waals surface area (Å²) in [4.78, 5) is 17.3. The van der Waals surface area contributed by atoms with E-state index in [1.54, 1.807) is 11.0 Å². The number of nitrogens with zero attached hydrogens (tertiary/aromatic N) is 2. The Balaban J connectivity index is 2.04. The van der Waals surface area contributed by atoms with Crippen molar-refractivity contribution in [1.29, 1.82) is 0 Å². The molecule has 1 amide bonds. The molecule has 0 aliphatic carbocycles.